The number of oxazole rings is 1. The summed E-state index contributed by atoms with van der Waals surface area (Å²) in [6, 6.07) is 16.5. The fourth-order valence-corrected chi connectivity index (χ4v) is 4.17. The van der Waals surface area contributed by atoms with Crippen LogP contribution in [0.15, 0.2) is 52.9 Å². The van der Waals surface area contributed by atoms with Gasteiger partial charge in [-0.1, -0.05) is 30.3 Å². The van der Waals surface area contributed by atoms with Gasteiger partial charge in [-0.2, -0.15) is 0 Å². The highest BCUT2D eigenvalue weighted by molar-refractivity contribution is 5.65. The number of benzene rings is 2. The Bertz CT molecular complexity index is 960. The highest BCUT2D eigenvalue weighted by atomic mass is 16.5. The predicted octanol–water partition coefficient (Wildman–Crippen LogP) is 5.12. The molecule has 4 rings (SSSR count). The summed E-state index contributed by atoms with van der Waals surface area (Å²) in [7, 11) is 3.29. The van der Waals surface area contributed by atoms with Gasteiger partial charge in [-0.15, -0.1) is 0 Å². The van der Waals surface area contributed by atoms with Crippen LogP contribution in [0.1, 0.15) is 29.9 Å². The lowest BCUT2D eigenvalue weighted by Crippen LogP contribution is -2.34. The summed E-state index contributed by atoms with van der Waals surface area (Å²) >= 11 is 0. The van der Waals surface area contributed by atoms with Crippen LogP contribution < -0.4 is 9.47 Å². The number of aryl methyl sites for hydroxylation is 1. The molecule has 0 aliphatic carbocycles. The molecule has 1 aliphatic rings. The summed E-state index contributed by atoms with van der Waals surface area (Å²) in [5, 5.41) is 0. The maximum absolute atomic E-state index is 6.00. The van der Waals surface area contributed by atoms with E-state index in [0.29, 0.717) is 11.6 Å². The molecule has 158 valence electrons. The van der Waals surface area contributed by atoms with E-state index >= 15 is 0 Å². The van der Waals surface area contributed by atoms with Crippen molar-refractivity contribution in [3.63, 3.8) is 0 Å². The van der Waals surface area contributed by atoms with Crippen molar-refractivity contribution in [3.8, 4) is 23.0 Å². The lowest BCUT2D eigenvalue weighted by Gasteiger charge is -2.31. The summed E-state index contributed by atoms with van der Waals surface area (Å²) < 4.78 is 16.8. The molecule has 0 saturated carbocycles. The van der Waals surface area contributed by atoms with Crippen LogP contribution >= 0.6 is 0 Å². The van der Waals surface area contributed by atoms with E-state index in [2.05, 4.69) is 35.2 Å². The Morgan fingerprint density at radius 3 is 2.50 bits per heavy atom. The summed E-state index contributed by atoms with van der Waals surface area (Å²) in [5.41, 5.74) is 3.29. The normalized spacial score (nSPS) is 15.3. The second-order valence-electron chi connectivity index (χ2n) is 8.00. The first-order chi connectivity index (χ1) is 14.7. The van der Waals surface area contributed by atoms with E-state index in [-0.39, 0.29) is 0 Å². The fraction of sp³-hybridized carbons (Fsp3) is 0.400. The lowest BCUT2D eigenvalue weighted by atomic mass is 9.90. The molecule has 30 heavy (non-hydrogen) atoms. The molecule has 0 unspecified atom stereocenters. The van der Waals surface area contributed by atoms with Crippen LogP contribution in [0.25, 0.3) is 11.5 Å². The number of hydrogen-bond acceptors (Lipinski definition) is 5. The molecule has 0 N–H and O–H groups in total. The van der Waals surface area contributed by atoms with Gasteiger partial charge in [0.15, 0.2) is 0 Å². The number of nitrogens with zero attached hydrogens (tertiary/aromatic N) is 2. The smallest absolute Gasteiger partial charge is 0.230 e. The number of aromatic nitrogens is 1. The highest BCUT2D eigenvalue weighted by Gasteiger charge is 2.22. The van der Waals surface area contributed by atoms with Crippen molar-refractivity contribution < 1.29 is 13.9 Å². The molecule has 1 fully saturated rings. The number of methoxy groups -OCH3 is 2. The van der Waals surface area contributed by atoms with Gasteiger partial charge >= 0.3 is 0 Å². The van der Waals surface area contributed by atoms with Gasteiger partial charge < -0.3 is 13.9 Å². The maximum atomic E-state index is 6.00. The molecule has 1 saturated heterocycles. The molecule has 5 heteroatoms. The minimum atomic E-state index is 0.598. The summed E-state index contributed by atoms with van der Waals surface area (Å²) in [6.07, 6.45) is 3.63. The van der Waals surface area contributed by atoms with Crippen LogP contribution in [0.2, 0.25) is 0 Å². The Morgan fingerprint density at radius 1 is 1.03 bits per heavy atom. The highest BCUT2D eigenvalue weighted by Crippen LogP contribution is 2.34. The Balaban J connectivity index is 1.39. The first kappa shape index (κ1) is 20.5. The second kappa shape index (κ2) is 9.35. The van der Waals surface area contributed by atoms with Crippen molar-refractivity contribution in [1.82, 2.24) is 9.88 Å². The van der Waals surface area contributed by atoms with Crippen molar-refractivity contribution in [2.75, 3.05) is 27.3 Å². The van der Waals surface area contributed by atoms with Crippen LogP contribution in [0.3, 0.4) is 0 Å². The predicted molar refractivity (Wildman–Crippen MR) is 118 cm³/mol. The second-order valence-corrected chi connectivity index (χ2v) is 8.00. The van der Waals surface area contributed by atoms with Crippen LogP contribution in [0.5, 0.6) is 11.5 Å². The number of ether oxygens (including phenoxy) is 2. The van der Waals surface area contributed by atoms with E-state index in [1.165, 1.54) is 24.8 Å². The number of piperidine rings is 1. The molecule has 0 radical (unpaired) electrons. The fourth-order valence-electron chi connectivity index (χ4n) is 4.17. The minimum absolute atomic E-state index is 0.598. The third-order valence-corrected chi connectivity index (χ3v) is 5.98. The number of rotatable bonds is 7. The zero-order chi connectivity index (χ0) is 20.9. The zero-order valence-electron chi connectivity index (χ0n) is 18.1. The van der Waals surface area contributed by atoms with Crippen molar-refractivity contribution >= 4 is 0 Å². The minimum Gasteiger partial charge on any atom is -0.497 e. The molecular formula is C25H30N2O3. The molecule has 0 bridgehead atoms. The molecule has 3 aromatic rings. The van der Waals surface area contributed by atoms with Gasteiger partial charge in [0.25, 0.3) is 0 Å². The molecule has 0 amide bonds. The van der Waals surface area contributed by atoms with Gasteiger partial charge in [-0.3, -0.25) is 4.90 Å². The number of likely N-dealkylation sites (tertiary alicyclic amines) is 1. The Kier molecular flexibility index (Phi) is 6.38. The van der Waals surface area contributed by atoms with Crippen LogP contribution in [-0.4, -0.2) is 37.2 Å². The molecule has 0 atom stereocenters. The average Bonchev–Trinajstić information content (AvgIpc) is 3.15. The van der Waals surface area contributed by atoms with E-state index in [0.717, 1.165) is 48.3 Å². The third-order valence-electron chi connectivity index (χ3n) is 5.98. The Labute approximate surface area is 178 Å². The summed E-state index contributed by atoms with van der Waals surface area (Å²) in [5.74, 6) is 3.68. The summed E-state index contributed by atoms with van der Waals surface area (Å²) in [6.45, 7) is 5.02. The van der Waals surface area contributed by atoms with Gasteiger partial charge in [-0.05, 0) is 62.9 Å². The van der Waals surface area contributed by atoms with E-state index in [9.17, 15) is 0 Å². The Morgan fingerprint density at radius 2 is 1.80 bits per heavy atom. The van der Waals surface area contributed by atoms with Crippen molar-refractivity contribution in [3.05, 3.63) is 65.5 Å². The quantitative estimate of drug-likeness (QED) is 0.545. The molecular weight excluding hydrogens is 376 g/mol. The molecule has 1 aliphatic heterocycles. The molecule has 2 heterocycles. The van der Waals surface area contributed by atoms with Crippen LogP contribution in [-0.2, 0) is 13.0 Å². The van der Waals surface area contributed by atoms with Gasteiger partial charge in [0.1, 0.15) is 17.3 Å². The maximum Gasteiger partial charge on any atom is 0.230 e. The van der Waals surface area contributed by atoms with Gasteiger partial charge in [0.2, 0.25) is 5.89 Å². The van der Waals surface area contributed by atoms with Gasteiger partial charge in [0, 0.05) is 12.6 Å². The van der Waals surface area contributed by atoms with Crippen LogP contribution in [0, 0.1) is 12.8 Å². The largest absolute Gasteiger partial charge is 0.497 e. The standard InChI is InChI=1S/C25H30N2O3/c1-18-23(26-25(30-18)22-10-9-21(28-2)16-24(22)29-3)17-27-13-11-20(12-14-27)15-19-7-5-4-6-8-19/h4-10,16,20H,11-15,17H2,1-3H3. The van der Waals surface area contributed by atoms with Crippen LogP contribution in [0.4, 0.5) is 0 Å². The topological polar surface area (TPSA) is 47.7 Å². The summed E-state index contributed by atoms with van der Waals surface area (Å²) in [4.78, 5) is 7.28. The van der Waals surface area contributed by atoms with E-state index in [1.54, 1.807) is 14.2 Å². The van der Waals surface area contributed by atoms with Crippen molar-refractivity contribution in [1.29, 1.82) is 0 Å². The van der Waals surface area contributed by atoms with Gasteiger partial charge in [0.05, 0.1) is 25.5 Å². The lowest BCUT2D eigenvalue weighted by molar-refractivity contribution is 0.175. The number of hydrogen-bond donors (Lipinski definition) is 0. The monoisotopic (exact) mass is 406 g/mol. The molecule has 1 aromatic heterocycles. The first-order valence-electron chi connectivity index (χ1n) is 10.6. The molecule has 2 aromatic carbocycles. The molecule has 5 nitrogen and oxygen atoms in total. The van der Waals surface area contributed by atoms with Crippen molar-refractivity contribution in [2.45, 2.75) is 32.7 Å². The third kappa shape index (κ3) is 4.68. The Hall–Kier alpha value is -2.79. The molecule has 0 spiro atoms. The van der Waals surface area contributed by atoms with E-state index in [1.807, 2.05) is 25.1 Å². The average molecular weight is 407 g/mol. The van der Waals surface area contributed by atoms with Gasteiger partial charge in [-0.25, -0.2) is 4.98 Å². The van der Waals surface area contributed by atoms with Crippen molar-refractivity contribution in [2.24, 2.45) is 5.92 Å². The van der Waals surface area contributed by atoms with E-state index in [4.69, 9.17) is 18.9 Å². The SMILES string of the molecule is COc1ccc(-c2nc(CN3CCC(Cc4ccccc4)CC3)c(C)o2)c(OC)c1. The zero-order valence-corrected chi connectivity index (χ0v) is 18.1. The van der Waals surface area contributed by atoms with E-state index < -0.39 is 0 Å². The first-order valence-corrected chi connectivity index (χ1v) is 10.6.